The van der Waals surface area contributed by atoms with Crippen LogP contribution in [0.4, 0.5) is 0 Å². The van der Waals surface area contributed by atoms with Crippen molar-refractivity contribution < 1.29 is 14.3 Å². The van der Waals surface area contributed by atoms with Crippen LogP contribution in [0.5, 0.6) is 0 Å². The molecule has 0 rings (SSSR count). The van der Waals surface area contributed by atoms with Gasteiger partial charge in [-0.25, -0.2) is 0 Å². The fourth-order valence-electron chi connectivity index (χ4n) is 0.903. The molecular formula is C10H21NO3. The van der Waals surface area contributed by atoms with Gasteiger partial charge >= 0.3 is 0 Å². The van der Waals surface area contributed by atoms with Crippen molar-refractivity contribution in [3.05, 3.63) is 0 Å². The molecule has 1 N–H and O–H groups in total. The third-order valence-corrected chi connectivity index (χ3v) is 1.51. The molecule has 14 heavy (non-hydrogen) atoms. The number of amides is 1. The van der Waals surface area contributed by atoms with Gasteiger partial charge in [-0.3, -0.25) is 4.79 Å². The Balaban J connectivity index is 3.09. The summed E-state index contributed by atoms with van der Waals surface area (Å²) in [5.41, 5.74) is 0. The normalized spacial score (nSPS) is 10.6. The first-order chi connectivity index (χ1) is 6.66. The highest BCUT2D eigenvalue weighted by Crippen LogP contribution is 1.92. The van der Waals surface area contributed by atoms with Crippen molar-refractivity contribution in [2.45, 2.75) is 20.3 Å². The first-order valence-corrected chi connectivity index (χ1v) is 5.00. The molecule has 0 saturated carbocycles. The molecule has 0 aromatic carbocycles. The molecule has 4 heteroatoms. The molecule has 4 nitrogen and oxygen atoms in total. The number of ether oxygens (including phenoxy) is 2. The fraction of sp³-hybridized carbons (Fsp3) is 0.900. The van der Waals surface area contributed by atoms with Crippen molar-refractivity contribution in [2.24, 2.45) is 5.92 Å². The molecular weight excluding hydrogens is 182 g/mol. The average Bonchev–Trinajstić information content (AvgIpc) is 2.11. The molecule has 0 bridgehead atoms. The lowest BCUT2D eigenvalue weighted by molar-refractivity contribution is -0.124. The Morgan fingerprint density at radius 3 is 2.71 bits per heavy atom. The second-order valence-corrected chi connectivity index (χ2v) is 3.61. The van der Waals surface area contributed by atoms with Crippen LogP contribution in [0, 0.1) is 5.92 Å². The number of carbonyl (C=O) groups excluding carboxylic acids is 1. The molecule has 84 valence electrons. The molecule has 0 fully saturated rings. The second kappa shape index (κ2) is 8.97. The lowest BCUT2D eigenvalue weighted by atomic mass is 10.2. The number of nitrogens with one attached hydrogen (secondary N) is 1. The topological polar surface area (TPSA) is 47.6 Å². The highest BCUT2D eigenvalue weighted by Gasteiger charge is 1.98. The second-order valence-electron chi connectivity index (χ2n) is 3.61. The van der Waals surface area contributed by atoms with Crippen LogP contribution < -0.4 is 5.32 Å². The van der Waals surface area contributed by atoms with Gasteiger partial charge < -0.3 is 14.8 Å². The molecule has 0 radical (unpaired) electrons. The van der Waals surface area contributed by atoms with Crippen molar-refractivity contribution in [1.82, 2.24) is 5.32 Å². The predicted molar refractivity (Wildman–Crippen MR) is 55.2 cm³/mol. The van der Waals surface area contributed by atoms with Gasteiger partial charge in [0.15, 0.2) is 0 Å². The van der Waals surface area contributed by atoms with Crippen molar-refractivity contribution in [1.29, 1.82) is 0 Å². The molecule has 0 aliphatic rings. The van der Waals surface area contributed by atoms with E-state index < -0.39 is 0 Å². The quantitative estimate of drug-likeness (QED) is 0.594. The van der Waals surface area contributed by atoms with Gasteiger partial charge in [-0.2, -0.15) is 0 Å². The Kier molecular flexibility index (Phi) is 8.57. The summed E-state index contributed by atoms with van der Waals surface area (Å²) in [7, 11) is 1.51. The van der Waals surface area contributed by atoms with E-state index in [0.29, 0.717) is 19.1 Å². The lowest BCUT2D eigenvalue weighted by Gasteiger charge is -2.07. The van der Waals surface area contributed by atoms with E-state index in [9.17, 15) is 4.79 Å². The maximum atomic E-state index is 10.9. The average molecular weight is 203 g/mol. The fourth-order valence-corrected chi connectivity index (χ4v) is 0.903. The van der Waals surface area contributed by atoms with Crippen LogP contribution in [-0.2, 0) is 14.3 Å². The van der Waals surface area contributed by atoms with E-state index in [-0.39, 0.29) is 12.5 Å². The number of hydrogen-bond donors (Lipinski definition) is 1. The van der Waals surface area contributed by atoms with Crippen molar-refractivity contribution >= 4 is 5.91 Å². The molecule has 0 heterocycles. The number of carbonyl (C=O) groups is 1. The monoisotopic (exact) mass is 203 g/mol. The third kappa shape index (κ3) is 9.48. The van der Waals surface area contributed by atoms with Crippen molar-refractivity contribution in [3.63, 3.8) is 0 Å². The molecule has 0 aliphatic carbocycles. The van der Waals surface area contributed by atoms with Gasteiger partial charge in [-0.05, 0) is 12.3 Å². The minimum atomic E-state index is -0.0728. The highest BCUT2D eigenvalue weighted by molar-refractivity contribution is 5.77. The van der Waals surface area contributed by atoms with Crippen molar-refractivity contribution in [3.8, 4) is 0 Å². The zero-order valence-corrected chi connectivity index (χ0v) is 9.34. The van der Waals surface area contributed by atoms with E-state index in [2.05, 4.69) is 23.9 Å². The van der Waals surface area contributed by atoms with Crippen LogP contribution in [0.25, 0.3) is 0 Å². The Hall–Kier alpha value is -0.610. The van der Waals surface area contributed by atoms with Crippen LogP contribution in [0.1, 0.15) is 20.3 Å². The van der Waals surface area contributed by atoms with Gasteiger partial charge in [0, 0.05) is 26.9 Å². The van der Waals surface area contributed by atoms with Gasteiger partial charge in [0.1, 0.15) is 6.61 Å². The van der Waals surface area contributed by atoms with Crippen molar-refractivity contribution in [2.75, 3.05) is 33.5 Å². The first kappa shape index (κ1) is 13.4. The SMILES string of the molecule is COCC(=O)NCCCOCC(C)C. The van der Waals surface area contributed by atoms with Gasteiger partial charge in [0.05, 0.1) is 0 Å². The molecule has 0 atom stereocenters. The zero-order chi connectivity index (χ0) is 10.8. The van der Waals surface area contributed by atoms with E-state index in [1.807, 2.05) is 0 Å². The van der Waals surface area contributed by atoms with Gasteiger partial charge in [-0.1, -0.05) is 13.8 Å². The van der Waals surface area contributed by atoms with Crippen LogP contribution in [0.2, 0.25) is 0 Å². The van der Waals surface area contributed by atoms with E-state index >= 15 is 0 Å². The summed E-state index contributed by atoms with van der Waals surface area (Å²) in [6.07, 6.45) is 0.849. The van der Waals surface area contributed by atoms with Crippen LogP contribution in [-0.4, -0.2) is 39.4 Å². The summed E-state index contributed by atoms with van der Waals surface area (Å²) in [5.74, 6) is 0.495. The minimum Gasteiger partial charge on any atom is -0.381 e. The van der Waals surface area contributed by atoms with Crippen LogP contribution in [0.15, 0.2) is 0 Å². The Morgan fingerprint density at radius 2 is 2.14 bits per heavy atom. The number of methoxy groups -OCH3 is 1. The van der Waals surface area contributed by atoms with Gasteiger partial charge in [0.2, 0.25) is 5.91 Å². The molecule has 0 aromatic rings. The Morgan fingerprint density at radius 1 is 1.43 bits per heavy atom. The van der Waals surface area contributed by atoms with Crippen LogP contribution >= 0.6 is 0 Å². The van der Waals surface area contributed by atoms with E-state index in [1.165, 1.54) is 7.11 Å². The molecule has 0 aliphatic heterocycles. The first-order valence-electron chi connectivity index (χ1n) is 5.00. The molecule has 0 saturated heterocycles. The summed E-state index contributed by atoms with van der Waals surface area (Å²) >= 11 is 0. The van der Waals surface area contributed by atoms with Gasteiger partial charge in [0.25, 0.3) is 0 Å². The minimum absolute atomic E-state index is 0.0728. The van der Waals surface area contributed by atoms with Gasteiger partial charge in [-0.15, -0.1) is 0 Å². The molecule has 0 spiro atoms. The maximum absolute atomic E-state index is 10.9. The Labute approximate surface area is 86.0 Å². The smallest absolute Gasteiger partial charge is 0.245 e. The standard InChI is InChI=1S/C10H21NO3/c1-9(2)7-14-6-4-5-11-10(12)8-13-3/h9H,4-8H2,1-3H3,(H,11,12). The van der Waals surface area contributed by atoms with E-state index in [1.54, 1.807) is 0 Å². The van der Waals surface area contributed by atoms with Crippen LogP contribution in [0.3, 0.4) is 0 Å². The summed E-state index contributed by atoms with van der Waals surface area (Å²) in [4.78, 5) is 10.9. The van der Waals surface area contributed by atoms with E-state index in [0.717, 1.165) is 13.0 Å². The van der Waals surface area contributed by atoms with E-state index in [4.69, 9.17) is 4.74 Å². The summed E-state index contributed by atoms with van der Waals surface area (Å²) in [5, 5.41) is 2.73. The predicted octanol–water partition coefficient (Wildman–Crippen LogP) is 0.812. The number of rotatable bonds is 8. The summed E-state index contributed by atoms with van der Waals surface area (Å²) < 4.78 is 10.0. The third-order valence-electron chi connectivity index (χ3n) is 1.51. The number of hydrogen-bond acceptors (Lipinski definition) is 3. The molecule has 0 aromatic heterocycles. The largest absolute Gasteiger partial charge is 0.381 e. The highest BCUT2D eigenvalue weighted by atomic mass is 16.5. The molecule has 1 amide bonds. The molecule has 0 unspecified atom stereocenters. The Bertz CT molecular complexity index is 148. The summed E-state index contributed by atoms with van der Waals surface area (Å²) in [6.45, 7) is 6.49. The maximum Gasteiger partial charge on any atom is 0.245 e. The lowest BCUT2D eigenvalue weighted by Crippen LogP contribution is -2.28. The summed E-state index contributed by atoms with van der Waals surface area (Å²) in [6, 6.07) is 0. The zero-order valence-electron chi connectivity index (χ0n) is 9.34.